The molecule has 102 valence electrons. The van der Waals surface area contributed by atoms with E-state index in [1.54, 1.807) is 0 Å². The molecule has 0 radical (unpaired) electrons. The first-order valence-electron chi connectivity index (χ1n) is 6.98. The molecule has 0 bridgehead atoms. The molecule has 3 heteroatoms. The SMILES string of the molecule is Cc1ccc(NC2(CO)CCCC(C)C2)c(C#N)c1. The van der Waals surface area contributed by atoms with Gasteiger partial charge in [-0.05, 0) is 43.4 Å². The van der Waals surface area contributed by atoms with E-state index < -0.39 is 0 Å². The number of rotatable bonds is 3. The van der Waals surface area contributed by atoms with Crippen LogP contribution in [0.25, 0.3) is 0 Å². The summed E-state index contributed by atoms with van der Waals surface area (Å²) < 4.78 is 0. The highest BCUT2D eigenvalue weighted by Gasteiger charge is 2.34. The van der Waals surface area contributed by atoms with E-state index in [4.69, 9.17) is 0 Å². The van der Waals surface area contributed by atoms with Crippen LogP contribution in [0, 0.1) is 24.2 Å². The first-order chi connectivity index (χ1) is 9.08. The van der Waals surface area contributed by atoms with Crippen molar-refractivity contribution in [1.82, 2.24) is 0 Å². The molecule has 1 aromatic carbocycles. The van der Waals surface area contributed by atoms with E-state index in [0.29, 0.717) is 11.5 Å². The van der Waals surface area contributed by atoms with Crippen molar-refractivity contribution in [3.05, 3.63) is 29.3 Å². The van der Waals surface area contributed by atoms with Crippen molar-refractivity contribution in [3.8, 4) is 6.07 Å². The second-order valence-corrected chi connectivity index (χ2v) is 5.93. The molecule has 1 saturated carbocycles. The van der Waals surface area contributed by atoms with Gasteiger partial charge in [0.2, 0.25) is 0 Å². The predicted octanol–water partition coefficient (Wildman–Crippen LogP) is 3.22. The van der Waals surface area contributed by atoms with Gasteiger partial charge in [-0.1, -0.05) is 25.8 Å². The van der Waals surface area contributed by atoms with Crippen LogP contribution in [0.15, 0.2) is 18.2 Å². The van der Waals surface area contributed by atoms with Crippen LogP contribution in [0.1, 0.15) is 43.7 Å². The Morgan fingerprint density at radius 2 is 2.32 bits per heavy atom. The molecule has 0 aromatic heterocycles. The van der Waals surface area contributed by atoms with Gasteiger partial charge in [-0.3, -0.25) is 0 Å². The Balaban J connectivity index is 2.26. The van der Waals surface area contributed by atoms with Gasteiger partial charge in [-0.25, -0.2) is 0 Å². The van der Waals surface area contributed by atoms with E-state index in [9.17, 15) is 10.4 Å². The van der Waals surface area contributed by atoms with Crippen LogP contribution in [0.2, 0.25) is 0 Å². The average molecular weight is 258 g/mol. The van der Waals surface area contributed by atoms with Crippen molar-refractivity contribution < 1.29 is 5.11 Å². The molecule has 0 amide bonds. The lowest BCUT2D eigenvalue weighted by Gasteiger charge is -2.40. The lowest BCUT2D eigenvalue weighted by atomic mass is 9.76. The minimum atomic E-state index is -0.265. The van der Waals surface area contributed by atoms with Gasteiger partial charge in [0, 0.05) is 0 Å². The monoisotopic (exact) mass is 258 g/mol. The summed E-state index contributed by atoms with van der Waals surface area (Å²) in [5.41, 5.74) is 2.32. The zero-order valence-electron chi connectivity index (χ0n) is 11.7. The molecule has 1 aliphatic rings. The molecular formula is C16H22N2O. The molecule has 1 aliphatic carbocycles. The molecule has 0 spiro atoms. The number of aliphatic hydroxyl groups excluding tert-OH is 1. The molecule has 0 aliphatic heterocycles. The molecule has 1 fully saturated rings. The standard InChI is InChI=1S/C16H22N2O/c1-12-5-6-15(14(8-12)10-17)18-16(11-19)7-3-4-13(2)9-16/h5-6,8,13,18-19H,3-4,7,9,11H2,1-2H3. The van der Waals surface area contributed by atoms with Crippen molar-refractivity contribution in [2.24, 2.45) is 5.92 Å². The van der Waals surface area contributed by atoms with Crippen molar-refractivity contribution in [1.29, 1.82) is 5.26 Å². The topological polar surface area (TPSA) is 56.0 Å². The molecule has 2 rings (SSSR count). The van der Waals surface area contributed by atoms with Crippen LogP contribution in [0.5, 0.6) is 0 Å². The molecule has 0 saturated heterocycles. The smallest absolute Gasteiger partial charge is 0.101 e. The maximum atomic E-state index is 9.79. The van der Waals surface area contributed by atoms with Crippen LogP contribution >= 0.6 is 0 Å². The number of aryl methyl sites for hydroxylation is 1. The van der Waals surface area contributed by atoms with Crippen molar-refractivity contribution in [2.75, 3.05) is 11.9 Å². The minimum absolute atomic E-state index is 0.121. The minimum Gasteiger partial charge on any atom is -0.394 e. The Hall–Kier alpha value is -1.53. The number of nitrogens with one attached hydrogen (secondary N) is 1. The Morgan fingerprint density at radius 3 is 2.95 bits per heavy atom. The Morgan fingerprint density at radius 1 is 1.53 bits per heavy atom. The molecule has 19 heavy (non-hydrogen) atoms. The number of anilines is 1. The highest BCUT2D eigenvalue weighted by atomic mass is 16.3. The van der Waals surface area contributed by atoms with E-state index in [1.165, 1.54) is 6.42 Å². The second kappa shape index (κ2) is 5.63. The maximum Gasteiger partial charge on any atom is 0.101 e. The zero-order valence-corrected chi connectivity index (χ0v) is 11.7. The number of benzene rings is 1. The van der Waals surface area contributed by atoms with E-state index in [-0.39, 0.29) is 12.1 Å². The van der Waals surface area contributed by atoms with Gasteiger partial charge in [0.05, 0.1) is 23.4 Å². The third-order valence-electron chi connectivity index (χ3n) is 4.09. The number of hydrogen-bond acceptors (Lipinski definition) is 3. The summed E-state index contributed by atoms with van der Waals surface area (Å²) in [7, 11) is 0. The summed E-state index contributed by atoms with van der Waals surface area (Å²) in [5.74, 6) is 0.615. The zero-order chi connectivity index (χ0) is 13.9. The van der Waals surface area contributed by atoms with E-state index >= 15 is 0 Å². The summed E-state index contributed by atoms with van der Waals surface area (Å²) >= 11 is 0. The van der Waals surface area contributed by atoms with Gasteiger partial charge in [-0.15, -0.1) is 0 Å². The molecule has 2 N–H and O–H groups in total. The molecular weight excluding hydrogens is 236 g/mol. The van der Waals surface area contributed by atoms with Crippen LogP contribution in [-0.2, 0) is 0 Å². The number of nitriles is 1. The van der Waals surface area contributed by atoms with Gasteiger partial charge < -0.3 is 10.4 Å². The van der Waals surface area contributed by atoms with Gasteiger partial charge in [0.25, 0.3) is 0 Å². The summed E-state index contributed by atoms with van der Waals surface area (Å²) in [6.45, 7) is 4.33. The maximum absolute atomic E-state index is 9.79. The molecule has 2 atom stereocenters. The van der Waals surface area contributed by atoms with Crippen molar-refractivity contribution in [3.63, 3.8) is 0 Å². The molecule has 1 aromatic rings. The normalized spacial score (nSPS) is 26.7. The van der Waals surface area contributed by atoms with Crippen LogP contribution < -0.4 is 5.32 Å². The fourth-order valence-electron chi connectivity index (χ4n) is 3.10. The van der Waals surface area contributed by atoms with Gasteiger partial charge in [0.15, 0.2) is 0 Å². The predicted molar refractivity (Wildman–Crippen MR) is 77.0 cm³/mol. The Labute approximate surface area is 115 Å². The number of nitrogens with zero attached hydrogens (tertiary/aromatic N) is 1. The lowest BCUT2D eigenvalue weighted by Crippen LogP contribution is -2.46. The van der Waals surface area contributed by atoms with Crippen LogP contribution in [0.4, 0.5) is 5.69 Å². The highest BCUT2D eigenvalue weighted by Crippen LogP contribution is 2.35. The molecule has 2 unspecified atom stereocenters. The summed E-state index contributed by atoms with van der Waals surface area (Å²) in [6, 6.07) is 8.07. The fraction of sp³-hybridized carbons (Fsp3) is 0.562. The number of aliphatic hydroxyl groups is 1. The van der Waals surface area contributed by atoms with Gasteiger partial charge in [-0.2, -0.15) is 5.26 Å². The van der Waals surface area contributed by atoms with Crippen LogP contribution in [-0.4, -0.2) is 17.3 Å². The quantitative estimate of drug-likeness (QED) is 0.875. The summed E-state index contributed by atoms with van der Waals surface area (Å²) in [5, 5.41) is 22.5. The average Bonchev–Trinajstić information content (AvgIpc) is 2.41. The van der Waals surface area contributed by atoms with Crippen molar-refractivity contribution in [2.45, 2.75) is 45.1 Å². The summed E-state index contributed by atoms with van der Waals surface area (Å²) in [6.07, 6.45) is 4.28. The molecule has 0 heterocycles. The second-order valence-electron chi connectivity index (χ2n) is 5.93. The van der Waals surface area contributed by atoms with Gasteiger partial charge >= 0.3 is 0 Å². The van der Waals surface area contributed by atoms with E-state index in [0.717, 1.165) is 30.5 Å². The highest BCUT2D eigenvalue weighted by molar-refractivity contribution is 5.60. The van der Waals surface area contributed by atoms with Gasteiger partial charge in [0.1, 0.15) is 6.07 Å². The largest absolute Gasteiger partial charge is 0.394 e. The lowest BCUT2D eigenvalue weighted by molar-refractivity contribution is 0.149. The first-order valence-corrected chi connectivity index (χ1v) is 6.98. The molecule has 3 nitrogen and oxygen atoms in total. The third kappa shape index (κ3) is 3.08. The number of hydrogen-bond donors (Lipinski definition) is 2. The first kappa shape index (κ1) is 13.9. The summed E-state index contributed by atoms with van der Waals surface area (Å²) in [4.78, 5) is 0. The Bertz CT molecular complexity index is 492. The van der Waals surface area contributed by atoms with Crippen molar-refractivity contribution >= 4 is 5.69 Å². The van der Waals surface area contributed by atoms with E-state index in [2.05, 4.69) is 18.3 Å². The fourth-order valence-corrected chi connectivity index (χ4v) is 3.10. The van der Waals surface area contributed by atoms with Crippen LogP contribution in [0.3, 0.4) is 0 Å². The Kier molecular flexibility index (Phi) is 4.11. The van der Waals surface area contributed by atoms with E-state index in [1.807, 2.05) is 25.1 Å². The third-order valence-corrected chi connectivity index (χ3v) is 4.09.